The van der Waals surface area contributed by atoms with E-state index < -0.39 is 0 Å². The van der Waals surface area contributed by atoms with Crippen molar-refractivity contribution in [2.45, 2.75) is 13.2 Å². The Bertz CT molecular complexity index is 879. The van der Waals surface area contributed by atoms with Crippen LogP contribution in [0.4, 0.5) is 0 Å². The number of amides is 1. The van der Waals surface area contributed by atoms with E-state index in [1.54, 1.807) is 19.2 Å². The van der Waals surface area contributed by atoms with E-state index in [4.69, 9.17) is 14.2 Å². The Balaban J connectivity index is 1.40. The van der Waals surface area contributed by atoms with Crippen LogP contribution in [0.3, 0.4) is 0 Å². The van der Waals surface area contributed by atoms with Crippen LogP contribution in [0, 0.1) is 0 Å². The number of benzene rings is 3. The maximum atomic E-state index is 12.0. The molecule has 0 unspecified atom stereocenters. The molecule has 0 atom stereocenters. The highest BCUT2D eigenvalue weighted by molar-refractivity contribution is 5.77. The topological polar surface area (TPSA) is 56.8 Å². The van der Waals surface area contributed by atoms with Gasteiger partial charge in [0, 0.05) is 6.54 Å². The predicted octanol–water partition coefficient (Wildman–Crippen LogP) is 3.97. The second-order valence-corrected chi connectivity index (χ2v) is 6.16. The SMILES string of the molecule is COc1cccc(CNC(=O)COc2ccc(OCc3ccccc3)cc2)c1. The maximum absolute atomic E-state index is 12.0. The molecule has 1 N–H and O–H groups in total. The summed E-state index contributed by atoms with van der Waals surface area (Å²) in [5.74, 6) is 1.94. The number of ether oxygens (including phenoxy) is 3. The van der Waals surface area contributed by atoms with Crippen molar-refractivity contribution in [2.75, 3.05) is 13.7 Å². The van der Waals surface area contributed by atoms with Crippen LogP contribution < -0.4 is 19.5 Å². The van der Waals surface area contributed by atoms with Crippen LogP contribution in [0.25, 0.3) is 0 Å². The number of hydrogen-bond acceptors (Lipinski definition) is 4. The Hall–Kier alpha value is -3.47. The molecular formula is C23H23NO4. The zero-order valence-electron chi connectivity index (χ0n) is 15.8. The van der Waals surface area contributed by atoms with E-state index in [1.807, 2.05) is 66.7 Å². The molecule has 28 heavy (non-hydrogen) atoms. The van der Waals surface area contributed by atoms with Crippen LogP contribution >= 0.6 is 0 Å². The van der Waals surface area contributed by atoms with Crippen LogP contribution in [-0.2, 0) is 17.9 Å². The lowest BCUT2D eigenvalue weighted by Crippen LogP contribution is -2.28. The van der Waals surface area contributed by atoms with E-state index in [0.717, 1.165) is 22.6 Å². The van der Waals surface area contributed by atoms with Crippen molar-refractivity contribution >= 4 is 5.91 Å². The van der Waals surface area contributed by atoms with Crippen LogP contribution in [0.15, 0.2) is 78.9 Å². The normalized spacial score (nSPS) is 10.2. The Morgan fingerprint density at radius 3 is 2.18 bits per heavy atom. The molecule has 0 saturated heterocycles. The summed E-state index contributed by atoms with van der Waals surface area (Å²) in [6.45, 7) is 0.883. The molecule has 0 radical (unpaired) electrons. The van der Waals surface area contributed by atoms with Crippen LogP contribution in [0.1, 0.15) is 11.1 Å². The molecule has 0 spiro atoms. The minimum absolute atomic E-state index is 0.0474. The zero-order chi connectivity index (χ0) is 19.6. The molecule has 0 aliphatic carbocycles. The van der Waals surface area contributed by atoms with Gasteiger partial charge in [0.1, 0.15) is 23.9 Å². The van der Waals surface area contributed by atoms with Crippen LogP contribution in [0.2, 0.25) is 0 Å². The van der Waals surface area contributed by atoms with Gasteiger partial charge < -0.3 is 19.5 Å². The number of rotatable bonds is 9. The third kappa shape index (κ3) is 6.06. The van der Waals surface area contributed by atoms with Gasteiger partial charge in [-0.3, -0.25) is 4.79 Å². The molecule has 5 heteroatoms. The zero-order valence-corrected chi connectivity index (χ0v) is 15.8. The highest BCUT2D eigenvalue weighted by Gasteiger charge is 2.04. The summed E-state index contributed by atoms with van der Waals surface area (Å²) in [4.78, 5) is 12.0. The minimum atomic E-state index is -0.188. The standard InChI is InChI=1S/C23H23NO4/c1-26-22-9-5-8-19(14-22)15-24-23(25)17-28-21-12-10-20(11-13-21)27-16-18-6-3-2-4-7-18/h2-14H,15-17H2,1H3,(H,24,25). The van der Waals surface area contributed by atoms with Gasteiger partial charge in [-0.1, -0.05) is 42.5 Å². The average Bonchev–Trinajstić information content (AvgIpc) is 2.76. The van der Waals surface area contributed by atoms with Crippen molar-refractivity contribution in [3.8, 4) is 17.2 Å². The molecule has 0 bridgehead atoms. The first-order chi connectivity index (χ1) is 13.7. The van der Waals surface area contributed by atoms with E-state index in [2.05, 4.69) is 5.32 Å². The van der Waals surface area contributed by atoms with E-state index in [-0.39, 0.29) is 12.5 Å². The average molecular weight is 377 g/mol. The number of methoxy groups -OCH3 is 1. The number of nitrogens with one attached hydrogen (secondary N) is 1. The Morgan fingerprint density at radius 2 is 1.46 bits per heavy atom. The summed E-state index contributed by atoms with van der Waals surface area (Å²) in [6.07, 6.45) is 0. The van der Waals surface area contributed by atoms with Crippen LogP contribution in [0.5, 0.6) is 17.2 Å². The Kier molecular flexibility index (Phi) is 6.90. The summed E-state index contributed by atoms with van der Waals surface area (Å²) in [6, 6.07) is 24.8. The number of hydrogen-bond donors (Lipinski definition) is 1. The lowest BCUT2D eigenvalue weighted by molar-refractivity contribution is -0.123. The smallest absolute Gasteiger partial charge is 0.258 e. The summed E-state index contributed by atoms with van der Waals surface area (Å²) in [5.41, 5.74) is 2.07. The number of carbonyl (C=O) groups is 1. The lowest BCUT2D eigenvalue weighted by atomic mass is 10.2. The molecule has 3 aromatic carbocycles. The van der Waals surface area contributed by atoms with Gasteiger partial charge in [0.2, 0.25) is 0 Å². The molecule has 1 amide bonds. The predicted molar refractivity (Wildman–Crippen MR) is 108 cm³/mol. The first-order valence-electron chi connectivity index (χ1n) is 9.02. The van der Waals surface area contributed by atoms with Crippen LogP contribution in [-0.4, -0.2) is 19.6 Å². The summed E-state index contributed by atoms with van der Waals surface area (Å²) in [5, 5.41) is 2.83. The van der Waals surface area contributed by atoms with Gasteiger partial charge in [-0.25, -0.2) is 0 Å². The maximum Gasteiger partial charge on any atom is 0.258 e. The molecule has 0 fully saturated rings. The summed E-state index contributed by atoms with van der Waals surface area (Å²) < 4.78 is 16.4. The van der Waals surface area contributed by atoms with Gasteiger partial charge in [0.05, 0.1) is 7.11 Å². The lowest BCUT2D eigenvalue weighted by Gasteiger charge is -2.10. The second kappa shape index (κ2) is 10.0. The molecule has 0 aromatic heterocycles. The molecule has 3 rings (SSSR count). The molecular weight excluding hydrogens is 354 g/mol. The highest BCUT2D eigenvalue weighted by Crippen LogP contribution is 2.18. The first-order valence-corrected chi connectivity index (χ1v) is 9.02. The summed E-state index contributed by atoms with van der Waals surface area (Å²) in [7, 11) is 1.61. The van der Waals surface area contributed by atoms with Crippen molar-refractivity contribution in [1.29, 1.82) is 0 Å². The van der Waals surface area contributed by atoms with Crippen molar-refractivity contribution in [2.24, 2.45) is 0 Å². The number of carbonyl (C=O) groups excluding carboxylic acids is 1. The third-order valence-electron chi connectivity index (χ3n) is 4.07. The van der Waals surface area contributed by atoms with Gasteiger partial charge >= 0.3 is 0 Å². The minimum Gasteiger partial charge on any atom is -0.497 e. The molecule has 3 aromatic rings. The quantitative estimate of drug-likeness (QED) is 0.613. The fourth-order valence-corrected chi connectivity index (χ4v) is 2.56. The molecule has 5 nitrogen and oxygen atoms in total. The first kappa shape index (κ1) is 19.3. The fourth-order valence-electron chi connectivity index (χ4n) is 2.56. The van der Waals surface area contributed by atoms with Gasteiger partial charge in [-0.2, -0.15) is 0 Å². The third-order valence-corrected chi connectivity index (χ3v) is 4.07. The largest absolute Gasteiger partial charge is 0.497 e. The van der Waals surface area contributed by atoms with Crippen molar-refractivity contribution in [1.82, 2.24) is 5.32 Å². The Morgan fingerprint density at radius 1 is 0.786 bits per heavy atom. The van der Waals surface area contributed by atoms with Gasteiger partial charge in [-0.15, -0.1) is 0 Å². The Labute approximate surface area is 164 Å². The van der Waals surface area contributed by atoms with Crippen molar-refractivity contribution < 1.29 is 19.0 Å². The molecule has 0 aliphatic rings. The van der Waals surface area contributed by atoms with Gasteiger partial charge in [0.15, 0.2) is 6.61 Å². The van der Waals surface area contributed by atoms with Gasteiger partial charge in [-0.05, 0) is 47.5 Å². The highest BCUT2D eigenvalue weighted by atomic mass is 16.5. The molecule has 144 valence electrons. The van der Waals surface area contributed by atoms with E-state index >= 15 is 0 Å². The molecule has 0 aliphatic heterocycles. The van der Waals surface area contributed by atoms with E-state index in [0.29, 0.717) is 18.9 Å². The van der Waals surface area contributed by atoms with Crippen molar-refractivity contribution in [3.05, 3.63) is 90.0 Å². The van der Waals surface area contributed by atoms with E-state index in [1.165, 1.54) is 0 Å². The summed E-state index contributed by atoms with van der Waals surface area (Å²) >= 11 is 0. The monoisotopic (exact) mass is 377 g/mol. The fraction of sp³-hybridized carbons (Fsp3) is 0.174. The molecule has 0 heterocycles. The van der Waals surface area contributed by atoms with Crippen molar-refractivity contribution in [3.63, 3.8) is 0 Å². The molecule has 0 saturated carbocycles. The van der Waals surface area contributed by atoms with E-state index in [9.17, 15) is 4.79 Å². The second-order valence-electron chi connectivity index (χ2n) is 6.16. The van der Waals surface area contributed by atoms with Gasteiger partial charge in [0.25, 0.3) is 5.91 Å².